The number of carbonyl (C=O) groups excluding carboxylic acids is 2. The number of unbranched alkanes of at least 4 members (excludes halogenated alkanes) is 1. The fourth-order valence-corrected chi connectivity index (χ4v) is 5.95. The smallest absolute Gasteiger partial charge is 0.135 e. The highest BCUT2D eigenvalue weighted by molar-refractivity contribution is 8.77. The van der Waals surface area contributed by atoms with Crippen LogP contribution in [-0.4, -0.2) is 33.6 Å². The number of Topliss-reactive ketones (excluding diaryl/α,β-unsaturated/α-hetero) is 2. The molecule has 0 aliphatic heterocycles. The Bertz CT molecular complexity index is 370. The third-order valence-electron chi connectivity index (χ3n) is 3.36. The molecule has 0 aromatic carbocycles. The van der Waals surface area contributed by atoms with Crippen molar-refractivity contribution in [2.75, 3.05) is 11.5 Å². The lowest BCUT2D eigenvalue weighted by Gasteiger charge is -2.04. The Labute approximate surface area is 207 Å². The molecule has 0 heterocycles. The zero-order valence-corrected chi connectivity index (χ0v) is 22.0. The van der Waals surface area contributed by atoms with Crippen LogP contribution in [0, 0.1) is 11.8 Å². The maximum atomic E-state index is 11.3. The number of ketones is 2. The largest absolute Gasteiger partial charge is 0.299 e. The van der Waals surface area contributed by atoms with Gasteiger partial charge in [0.15, 0.2) is 0 Å². The molecule has 0 bridgehead atoms. The normalized spacial score (nSPS) is 10.1. The highest BCUT2D eigenvalue weighted by Crippen LogP contribution is 2.27. The third kappa shape index (κ3) is 33.4. The minimum atomic E-state index is 0. The van der Waals surface area contributed by atoms with Crippen molar-refractivity contribution in [3.63, 3.8) is 0 Å². The van der Waals surface area contributed by atoms with Crippen molar-refractivity contribution >= 4 is 54.7 Å². The quantitative estimate of drug-likeness (QED) is 0.164. The molecule has 6 heteroatoms. The van der Waals surface area contributed by atoms with Crippen molar-refractivity contribution in [2.45, 2.75) is 120 Å². The van der Waals surface area contributed by atoms with Crippen LogP contribution >= 0.6 is 43.2 Å². The Morgan fingerprint density at radius 3 is 1.23 bits per heavy atom. The Kier molecular flexibility index (Phi) is 38.0. The van der Waals surface area contributed by atoms with Gasteiger partial charge in [0.25, 0.3) is 0 Å². The molecule has 0 N–H and O–H groups in total. The van der Waals surface area contributed by atoms with Crippen molar-refractivity contribution in [1.29, 1.82) is 0 Å². The van der Waals surface area contributed by atoms with E-state index in [0.29, 0.717) is 22.1 Å². The predicted octanol–water partition coefficient (Wildman–Crippen LogP) is 9.86. The summed E-state index contributed by atoms with van der Waals surface area (Å²) >= 11 is 0. The van der Waals surface area contributed by atoms with Crippen LogP contribution in [0.4, 0.5) is 0 Å². The molecule has 0 aromatic rings. The molecule has 0 saturated carbocycles. The molecule has 2 nitrogen and oxygen atoms in total. The van der Waals surface area contributed by atoms with Gasteiger partial charge in [-0.25, -0.2) is 0 Å². The Morgan fingerprint density at radius 2 is 0.900 bits per heavy atom. The van der Waals surface area contributed by atoms with E-state index in [0.717, 1.165) is 31.4 Å². The van der Waals surface area contributed by atoms with Crippen LogP contribution in [0.5, 0.6) is 0 Å². The number of hydrogen-bond acceptors (Lipinski definition) is 6. The molecule has 0 atom stereocenters. The molecule has 0 fully saturated rings. The standard InChI is InChI=1S/C11H22OS2.C10H20OS2.3CH4/c1-9(2)11(12)7-5-6-8-13-14-10(3)4;1-8(2)10(11)6-5-7-12-13-9(3)4;;;/h9-10H,5-8H2,1-4H3;8-9H,5-7H2,1-4H3;3*1H4. The van der Waals surface area contributed by atoms with Gasteiger partial charge < -0.3 is 0 Å². The van der Waals surface area contributed by atoms with E-state index in [1.165, 1.54) is 12.2 Å². The first-order valence-electron chi connectivity index (χ1n) is 10.2. The van der Waals surface area contributed by atoms with Crippen LogP contribution in [0.3, 0.4) is 0 Å². The molecule has 186 valence electrons. The molecule has 0 aliphatic rings. The van der Waals surface area contributed by atoms with Gasteiger partial charge in [0.2, 0.25) is 0 Å². The summed E-state index contributed by atoms with van der Waals surface area (Å²) in [4.78, 5) is 22.5. The van der Waals surface area contributed by atoms with Gasteiger partial charge in [-0.1, -0.05) is 121 Å². The molecule has 0 amide bonds. The van der Waals surface area contributed by atoms with E-state index in [2.05, 4.69) is 27.7 Å². The first kappa shape index (κ1) is 41.0. The highest BCUT2D eigenvalue weighted by Gasteiger charge is 2.07. The fourth-order valence-electron chi connectivity index (χ4n) is 1.71. The Morgan fingerprint density at radius 1 is 0.567 bits per heavy atom. The molecular weight excluding hydrogens is 449 g/mol. The average Bonchev–Trinajstić information content (AvgIpc) is 2.57. The minimum absolute atomic E-state index is 0. The van der Waals surface area contributed by atoms with Gasteiger partial charge in [-0.3, -0.25) is 9.59 Å². The van der Waals surface area contributed by atoms with Gasteiger partial charge in [-0.15, -0.1) is 0 Å². The van der Waals surface area contributed by atoms with Crippen LogP contribution in [0.25, 0.3) is 0 Å². The van der Waals surface area contributed by atoms with E-state index >= 15 is 0 Å². The summed E-state index contributed by atoms with van der Waals surface area (Å²) in [5, 5.41) is 1.39. The summed E-state index contributed by atoms with van der Waals surface area (Å²) in [7, 11) is 7.63. The number of carbonyl (C=O) groups is 2. The summed E-state index contributed by atoms with van der Waals surface area (Å²) < 4.78 is 0. The summed E-state index contributed by atoms with van der Waals surface area (Å²) in [6, 6.07) is 0. The van der Waals surface area contributed by atoms with E-state index in [9.17, 15) is 9.59 Å². The second-order valence-corrected chi connectivity index (χ2v) is 13.9. The van der Waals surface area contributed by atoms with Crippen molar-refractivity contribution in [1.82, 2.24) is 0 Å². The molecule has 0 aromatic heterocycles. The molecular formula is C24H54O2S4. The number of rotatable bonds is 15. The van der Waals surface area contributed by atoms with E-state index in [1.807, 2.05) is 70.9 Å². The van der Waals surface area contributed by atoms with Crippen molar-refractivity contribution in [2.24, 2.45) is 11.8 Å². The third-order valence-corrected chi connectivity index (χ3v) is 9.44. The molecule has 0 spiro atoms. The summed E-state index contributed by atoms with van der Waals surface area (Å²) in [6.45, 7) is 16.7. The fraction of sp³-hybridized carbons (Fsp3) is 0.917. The zero-order chi connectivity index (χ0) is 21.2. The molecule has 0 unspecified atom stereocenters. The second-order valence-electron chi connectivity index (χ2n) is 7.74. The van der Waals surface area contributed by atoms with E-state index < -0.39 is 0 Å². The lowest BCUT2D eigenvalue weighted by atomic mass is 10.0. The van der Waals surface area contributed by atoms with Gasteiger partial charge in [0, 0.05) is 46.7 Å². The molecule has 30 heavy (non-hydrogen) atoms. The predicted molar refractivity (Wildman–Crippen MR) is 153 cm³/mol. The minimum Gasteiger partial charge on any atom is -0.299 e. The van der Waals surface area contributed by atoms with Gasteiger partial charge in [-0.05, 0) is 19.3 Å². The van der Waals surface area contributed by atoms with Gasteiger partial charge >= 0.3 is 0 Å². The maximum absolute atomic E-state index is 11.3. The van der Waals surface area contributed by atoms with Crippen molar-refractivity contribution in [3.8, 4) is 0 Å². The van der Waals surface area contributed by atoms with E-state index in [4.69, 9.17) is 0 Å². The van der Waals surface area contributed by atoms with Gasteiger partial charge in [0.05, 0.1) is 0 Å². The van der Waals surface area contributed by atoms with E-state index in [-0.39, 0.29) is 34.1 Å². The van der Waals surface area contributed by atoms with Crippen LogP contribution in [0.1, 0.15) is 110 Å². The van der Waals surface area contributed by atoms with Crippen LogP contribution < -0.4 is 0 Å². The van der Waals surface area contributed by atoms with Crippen molar-refractivity contribution < 1.29 is 9.59 Å². The SMILES string of the molecule is C.C.C.CC(C)SSCCCC(=O)C(C)C.CC(C)SSCCCCC(=O)C(C)C. The van der Waals surface area contributed by atoms with Gasteiger partial charge in [0.1, 0.15) is 11.6 Å². The topological polar surface area (TPSA) is 34.1 Å². The molecule has 0 radical (unpaired) electrons. The first-order chi connectivity index (χ1) is 12.6. The summed E-state index contributed by atoms with van der Waals surface area (Å²) in [5.74, 6) is 3.51. The van der Waals surface area contributed by atoms with Crippen LogP contribution in [0.15, 0.2) is 0 Å². The monoisotopic (exact) mass is 502 g/mol. The highest BCUT2D eigenvalue weighted by atomic mass is 33.1. The molecule has 0 saturated heterocycles. The van der Waals surface area contributed by atoms with E-state index in [1.54, 1.807) is 0 Å². The molecule has 0 aliphatic carbocycles. The zero-order valence-electron chi connectivity index (χ0n) is 18.7. The lowest BCUT2D eigenvalue weighted by molar-refractivity contribution is -0.122. The summed E-state index contributed by atoms with van der Waals surface area (Å²) in [5.41, 5.74) is 0. The lowest BCUT2D eigenvalue weighted by Crippen LogP contribution is -2.06. The second kappa shape index (κ2) is 27.8. The Balaban J connectivity index is -0.000000127. The van der Waals surface area contributed by atoms with Gasteiger partial charge in [-0.2, -0.15) is 0 Å². The van der Waals surface area contributed by atoms with Crippen LogP contribution in [-0.2, 0) is 9.59 Å². The van der Waals surface area contributed by atoms with Crippen molar-refractivity contribution in [3.05, 3.63) is 0 Å². The molecule has 0 rings (SSSR count). The average molecular weight is 503 g/mol. The number of hydrogen-bond donors (Lipinski definition) is 0. The Hall–Kier alpha value is 0.740. The first-order valence-corrected chi connectivity index (χ1v) is 15.0. The summed E-state index contributed by atoms with van der Waals surface area (Å²) in [6.07, 6.45) is 4.78. The van der Waals surface area contributed by atoms with Crippen LogP contribution in [0.2, 0.25) is 0 Å². The maximum Gasteiger partial charge on any atom is 0.135 e.